The molecule has 0 spiro atoms. The Morgan fingerprint density at radius 2 is 1.88 bits per heavy atom. The van der Waals surface area contributed by atoms with Gasteiger partial charge >= 0.3 is 6.01 Å². The van der Waals surface area contributed by atoms with E-state index in [1.807, 2.05) is 24.3 Å². The fourth-order valence-corrected chi connectivity index (χ4v) is 1.50. The van der Waals surface area contributed by atoms with Gasteiger partial charge in [-0.2, -0.15) is 0 Å². The van der Waals surface area contributed by atoms with Crippen LogP contribution in [0.4, 0.5) is 0 Å². The van der Waals surface area contributed by atoms with Gasteiger partial charge in [-0.1, -0.05) is 24.3 Å². The van der Waals surface area contributed by atoms with Crippen LogP contribution in [0.3, 0.4) is 0 Å². The summed E-state index contributed by atoms with van der Waals surface area (Å²) < 4.78 is 4.89. The summed E-state index contributed by atoms with van der Waals surface area (Å²) >= 11 is 0. The van der Waals surface area contributed by atoms with Crippen LogP contribution in [-0.2, 0) is 6.61 Å². The van der Waals surface area contributed by atoms with Crippen molar-refractivity contribution in [3.05, 3.63) is 42.2 Å². The summed E-state index contributed by atoms with van der Waals surface area (Å²) in [5.41, 5.74) is 2.66. The van der Waals surface area contributed by atoms with Crippen LogP contribution in [-0.4, -0.2) is 22.2 Å². The first kappa shape index (κ1) is 10.6. The van der Waals surface area contributed by atoms with Crippen LogP contribution in [0.15, 0.2) is 36.7 Å². The minimum atomic E-state index is 0.00219. The second kappa shape index (κ2) is 4.72. The highest BCUT2D eigenvalue weighted by atomic mass is 16.5. The monoisotopic (exact) mass is 216 g/mol. The first-order valence-electron chi connectivity index (χ1n) is 4.90. The lowest BCUT2D eigenvalue weighted by molar-refractivity contribution is 0.282. The van der Waals surface area contributed by atoms with Crippen molar-refractivity contribution in [1.29, 1.82) is 0 Å². The molecule has 0 saturated carbocycles. The number of aromatic nitrogens is 2. The molecule has 1 heterocycles. The molecule has 0 aliphatic heterocycles. The molecule has 82 valence electrons. The SMILES string of the molecule is COc1ncc(-c2ccccc2CO)cn1. The Kier molecular flexibility index (Phi) is 3.12. The van der Waals surface area contributed by atoms with Crippen LogP contribution in [0, 0.1) is 0 Å². The highest BCUT2D eigenvalue weighted by molar-refractivity contribution is 5.65. The van der Waals surface area contributed by atoms with Gasteiger partial charge in [0, 0.05) is 18.0 Å². The van der Waals surface area contributed by atoms with Gasteiger partial charge < -0.3 is 9.84 Å². The number of rotatable bonds is 3. The normalized spacial score (nSPS) is 10.1. The predicted octanol–water partition coefficient (Wildman–Crippen LogP) is 1.64. The zero-order valence-electron chi connectivity index (χ0n) is 8.92. The van der Waals surface area contributed by atoms with Crippen molar-refractivity contribution < 1.29 is 9.84 Å². The van der Waals surface area contributed by atoms with Crippen molar-refractivity contribution in [1.82, 2.24) is 9.97 Å². The van der Waals surface area contributed by atoms with Gasteiger partial charge in [-0.05, 0) is 11.1 Å². The molecular weight excluding hydrogens is 204 g/mol. The molecule has 1 N–H and O–H groups in total. The Hall–Kier alpha value is -1.94. The van der Waals surface area contributed by atoms with Crippen molar-refractivity contribution in [2.24, 2.45) is 0 Å². The average Bonchev–Trinajstić information content (AvgIpc) is 2.39. The molecule has 1 aromatic heterocycles. The Labute approximate surface area is 93.6 Å². The van der Waals surface area contributed by atoms with E-state index in [0.29, 0.717) is 6.01 Å². The molecule has 0 unspecified atom stereocenters. The molecular formula is C12H12N2O2. The smallest absolute Gasteiger partial charge is 0.316 e. The van der Waals surface area contributed by atoms with Crippen LogP contribution in [0.2, 0.25) is 0 Å². The maximum Gasteiger partial charge on any atom is 0.316 e. The van der Waals surface area contributed by atoms with Crippen molar-refractivity contribution >= 4 is 0 Å². The van der Waals surface area contributed by atoms with Gasteiger partial charge in [0.25, 0.3) is 0 Å². The summed E-state index contributed by atoms with van der Waals surface area (Å²) in [5.74, 6) is 0. The lowest BCUT2D eigenvalue weighted by atomic mass is 10.0. The van der Waals surface area contributed by atoms with Gasteiger partial charge in [0.1, 0.15) is 0 Å². The Morgan fingerprint density at radius 1 is 1.19 bits per heavy atom. The molecule has 0 atom stereocenters. The summed E-state index contributed by atoms with van der Waals surface area (Å²) in [5, 5.41) is 9.22. The minimum absolute atomic E-state index is 0.00219. The summed E-state index contributed by atoms with van der Waals surface area (Å²) in [7, 11) is 1.52. The molecule has 4 nitrogen and oxygen atoms in total. The molecule has 1 aromatic carbocycles. The molecule has 4 heteroatoms. The van der Waals surface area contributed by atoms with Crippen LogP contribution in [0.5, 0.6) is 6.01 Å². The summed E-state index contributed by atoms with van der Waals surface area (Å²) in [6, 6.07) is 7.94. The molecule has 0 radical (unpaired) electrons. The number of hydrogen-bond acceptors (Lipinski definition) is 4. The number of hydrogen-bond donors (Lipinski definition) is 1. The molecule has 0 aliphatic rings. The van der Waals surface area contributed by atoms with E-state index in [1.54, 1.807) is 12.4 Å². The van der Waals surface area contributed by atoms with Gasteiger partial charge in [-0.25, -0.2) is 9.97 Å². The summed E-state index contributed by atoms with van der Waals surface area (Å²) in [6.45, 7) is 0.00219. The summed E-state index contributed by atoms with van der Waals surface area (Å²) in [4.78, 5) is 8.07. The van der Waals surface area contributed by atoms with Gasteiger partial charge in [0.2, 0.25) is 0 Å². The van der Waals surface area contributed by atoms with Crippen LogP contribution in [0.25, 0.3) is 11.1 Å². The number of aliphatic hydroxyl groups is 1. The lowest BCUT2D eigenvalue weighted by Gasteiger charge is -2.06. The maximum absolute atomic E-state index is 9.22. The largest absolute Gasteiger partial charge is 0.467 e. The first-order chi connectivity index (χ1) is 7.85. The Morgan fingerprint density at radius 3 is 2.50 bits per heavy atom. The topological polar surface area (TPSA) is 55.2 Å². The van der Waals surface area contributed by atoms with E-state index in [9.17, 15) is 5.11 Å². The fraction of sp³-hybridized carbons (Fsp3) is 0.167. The zero-order valence-corrected chi connectivity index (χ0v) is 8.92. The summed E-state index contributed by atoms with van der Waals surface area (Å²) in [6.07, 6.45) is 3.36. The second-order valence-corrected chi connectivity index (χ2v) is 3.27. The third-order valence-corrected chi connectivity index (χ3v) is 2.31. The first-order valence-corrected chi connectivity index (χ1v) is 4.90. The maximum atomic E-state index is 9.22. The van der Waals surface area contributed by atoms with E-state index >= 15 is 0 Å². The van der Waals surface area contributed by atoms with Gasteiger partial charge in [-0.3, -0.25) is 0 Å². The number of benzene rings is 1. The molecule has 0 saturated heterocycles. The van der Waals surface area contributed by atoms with Crippen LogP contribution >= 0.6 is 0 Å². The second-order valence-electron chi connectivity index (χ2n) is 3.27. The number of methoxy groups -OCH3 is 1. The van der Waals surface area contributed by atoms with E-state index in [4.69, 9.17) is 4.74 Å². The predicted molar refractivity (Wildman–Crippen MR) is 59.9 cm³/mol. The molecule has 16 heavy (non-hydrogen) atoms. The molecule has 0 bridgehead atoms. The molecule has 2 aromatic rings. The van der Waals surface area contributed by atoms with E-state index in [2.05, 4.69) is 9.97 Å². The lowest BCUT2D eigenvalue weighted by Crippen LogP contribution is -1.93. The molecule has 2 rings (SSSR count). The van der Waals surface area contributed by atoms with Crippen molar-refractivity contribution in [2.75, 3.05) is 7.11 Å². The van der Waals surface area contributed by atoms with Gasteiger partial charge in [0.15, 0.2) is 0 Å². The minimum Gasteiger partial charge on any atom is -0.467 e. The molecule has 0 aliphatic carbocycles. The van der Waals surface area contributed by atoms with E-state index in [-0.39, 0.29) is 6.61 Å². The fourth-order valence-electron chi connectivity index (χ4n) is 1.50. The highest BCUT2D eigenvalue weighted by Gasteiger charge is 2.04. The van der Waals surface area contributed by atoms with Crippen molar-refractivity contribution in [3.8, 4) is 17.1 Å². The van der Waals surface area contributed by atoms with Crippen molar-refractivity contribution in [2.45, 2.75) is 6.61 Å². The number of nitrogens with zero attached hydrogens (tertiary/aromatic N) is 2. The van der Waals surface area contributed by atoms with E-state index in [0.717, 1.165) is 16.7 Å². The standard InChI is InChI=1S/C12H12N2O2/c1-16-12-13-6-10(7-14-12)11-5-3-2-4-9(11)8-15/h2-7,15H,8H2,1H3. The van der Waals surface area contributed by atoms with Gasteiger partial charge in [0.05, 0.1) is 13.7 Å². The van der Waals surface area contributed by atoms with E-state index in [1.165, 1.54) is 7.11 Å². The third-order valence-electron chi connectivity index (χ3n) is 2.31. The zero-order chi connectivity index (χ0) is 11.4. The van der Waals surface area contributed by atoms with Crippen molar-refractivity contribution in [3.63, 3.8) is 0 Å². The number of aliphatic hydroxyl groups excluding tert-OH is 1. The highest BCUT2D eigenvalue weighted by Crippen LogP contribution is 2.22. The molecule has 0 fully saturated rings. The van der Waals surface area contributed by atoms with Crippen LogP contribution < -0.4 is 4.74 Å². The number of ether oxygens (including phenoxy) is 1. The Balaban J connectivity index is 2.42. The average molecular weight is 216 g/mol. The quantitative estimate of drug-likeness (QED) is 0.847. The Bertz CT molecular complexity index is 469. The third kappa shape index (κ3) is 2.01. The van der Waals surface area contributed by atoms with Crippen LogP contribution in [0.1, 0.15) is 5.56 Å². The van der Waals surface area contributed by atoms with E-state index < -0.39 is 0 Å². The molecule has 0 amide bonds. The van der Waals surface area contributed by atoms with Gasteiger partial charge in [-0.15, -0.1) is 0 Å².